The normalized spacial score (nSPS) is 17.6. The van der Waals surface area contributed by atoms with Crippen LogP contribution in [0.15, 0.2) is 24.3 Å². The molecule has 0 spiro atoms. The number of amides is 1. The van der Waals surface area contributed by atoms with Gasteiger partial charge in [-0.25, -0.2) is 0 Å². The molecule has 0 radical (unpaired) electrons. The van der Waals surface area contributed by atoms with E-state index in [-0.39, 0.29) is 18.8 Å². The number of aliphatic hydroxyl groups excluding tert-OH is 1. The Bertz CT molecular complexity index is 853. The molecule has 0 saturated carbocycles. The SMILES string of the molecule is Nc1cccc(Cl)c1CN(CCN1CCC(O)C1)C(=O)c1cc(C(F)(F)F)[nH]n1. The lowest BCUT2D eigenvalue weighted by Crippen LogP contribution is -2.38. The minimum Gasteiger partial charge on any atom is -0.398 e. The lowest BCUT2D eigenvalue weighted by atomic mass is 10.1. The van der Waals surface area contributed by atoms with Gasteiger partial charge >= 0.3 is 6.18 Å². The van der Waals surface area contributed by atoms with E-state index in [0.717, 1.165) is 0 Å². The van der Waals surface area contributed by atoms with Gasteiger partial charge in [0.2, 0.25) is 0 Å². The summed E-state index contributed by atoms with van der Waals surface area (Å²) in [4.78, 5) is 16.2. The molecule has 2 heterocycles. The van der Waals surface area contributed by atoms with Gasteiger partial charge in [-0.1, -0.05) is 17.7 Å². The van der Waals surface area contributed by atoms with E-state index in [0.29, 0.717) is 48.4 Å². The number of nitrogens with zero attached hydrogens (tertiary/aromatic N) is 3. The van der Waals surface area contributed by atoms with Crippen LogP contribution in [0.3, 0.4) is 0 Å². The van der Waals surface area contributed by atoms with Crippen molar-refractivity contribution < 1.29 is 23.1 Å². The molecule has 0 bridgehead atoms. The monoisotopic (exact) mass is 431 g/mol. The number of anilines is 1. The van der Waals surface area contributed by atoms with Gasteiger partial charge in [0.05, 0.1) is 6.10 Å². The molecule has 1 fully saturated rings. The number of carbonyl (C=O) groups is 1. The van der Waals surface area contributed by atoms with Crippen molar-refractivity contribution in [2.24, 2.45) is 0 Å². The maximum Gasteiger partial charge on any atom is 0.432 e. The highest BCUT2D eigenvalue weighted by atomic mass is 35.5. The van der Waals surface area contributed by atoms with Crippen LogP contribution in [0, 0.1) is 0 Å². The molecule has 2 aromatic rings. The Morgan fingerprint density at radius 2 is 2.21 bits per heavy atom. The predicted octanol–water partition coefficient (Wildman–Crippen LogP) is 2.37. The zero-order valence-corrected chi connectivity index (χ0v) is 16.2. The number of aromatic amines is 1. The molecule has 158 valence electrons. The first-order valence-electron chi connectivity index (χ1n) is 9.00. The molecule has 7 nitrogen and oxygen atoms in total. The first-order chi connectivity index (χ1) is 13.6. The van der Waals surface area contributed by atoms with E-state index in [9.17, 15) is 23.1 Å². The van der Waals surface area contributed by atoms with Gasteiger partial charge in [0.1, 0.15) is 5.69 Å². The largest absolute Gasteiger partial charge is 0.432 e. The van der Waals surface area contributed by atoms with Crippen molar-refractivity contribution >= 4 is 23.2 Å². The summed E-state index contributed by atoms with van der Waals surface area (Å²) >= 11 is 6.20. The first kappa shape index (κ1) is 21.4. The molecule has 11 heteroatoms. The van der Waals surface area contributed by atoms with Crippen molar-refractivity contribution in [3.05, 3.63) is 46.2 Å². The van der Waals surface area contributed by atoms with E-state index in [4.69, 9.17) is 17.3 Å². The van der Waals surface area contributed by atoms with Gasteiger partial charge in [0, 0.05) is 55.1 Å². The molecular weight excluding hydrogens is 411 g/mol. The molecule has 1 aromatic carbocycles. The van der Waals surface area contributed by atoms with Gasteiger partial charge in [-0.2, -0.15) is 18.3 Å². The van der Waals surface area contributed by atoms with Crippen LogP contribution in [-0.2, 0) is 12.7 Å². The number of benzene rings is 1. The van der Waals surface area contributed by atoms with Crippen molar-refractivity contribution in [1.82, 2.24) is 20.0 Å². The van der Waals surface area contributed by atoms with Crippen LogP contribution in [0.5, 0.6) is 0 Å². The predicted molar refractivity (Wildman–Crippen MR) is 101 cm³/mol. The number of H-pyrrole nitrogens is 1. The highest BCUT2D eigenvalue weighted by Gasteiger charge is 2.34. The number of likely N-dealkylation sites (tertiary alicyclic amines) is 1. The molecule has 1 amide bonds. The zero-order valence-electron chi connectivity index (χ0n) is 15.4. The lowest BCUT2D eigenvalue weighted by Gasteiger charge is -2.26. The second-order valence-corrected chi connectivity index (χ2v) is 7.35. The van der Waals surface area contributed by atoms with Crippen LogP contribution in [0.25, 0.3) is 0 Å². The Morgan fingerprint density at radius 3 is 2.79 bits per heavy atom. The third kappa shape index (κ3) is 5.20. The number of hydrogen-bond donors (Lipinski definition) is 3. The molecule has 3 rings (SSSR count). The van der Waals surface area contributed by atoms with E-state index in [1.807, 2.05) is 10.00 Å². The molecule has 0 aliphatic carbocycles. The fourth-order valence-electron chi connectivity index (χ4n) is 3.20. The van der Waals surface area contributed by atoms with Crippen molar-refractivity contribution in [3.63, 3.8) is 0 Å². The molecule has 1 atom stereocenters. The summed E-state index contributed by atoms with van der Waals surface area (Å²) in [6.07, 6.45) is -4.41. The molecule has 1 saturated heterocycles. The molecular formula is C18H21ClF3N5O2. The van der Waals surface area contributed by atoms with Crippen molar-refractivity contribution in [3.8, 4) is 0 Å². The lowest BCUT2D eigenvalue weighted by molar-refractivity contribution is -0.141. The van der Waals surface area contributed by atoms with Crippen molar-refractivity contribution in [1.29, 1.82) is 0 Å². The summed E-state index contributed by atoms with van der Waals surface area (Å²) in [5.74, 6) is -0.671. The van der Waals surface area contributed by atoms with Crippen LogP contribution in [0.1, 0.15) is 28.2 Å². The molecule has 29 heavy (non-hydrogen) atoms. The van der Waals surface area contributed by atoms with Crippen LogP contribution in [-0.4, -0.2) is 63.3 Å². The number of nitrogen functional groups attached to an aromatic ring is 1. The Morgan fingerprint density at radius 1 is 1.45 bits per heavy atom. The van der Waals surface area contributed by atoms with Gasteiger partial charge in [-0.15, -0.1) is 0 Å². The Balaban J connectivity index is 1.81. The standard InChI is InChI=1S/C18H21ClF3N5O2/c19-13-2-1-3-14(23)12(13)10-27(7-6-26-5-4-11(28)9-26)17(29)15-8-16(25-24-15)18(20,21)22/h1-3,8,11,28H,4-7,9-10,23H2,(H,24,25). The molecule has 1 aromatic heterocycles. The second-order valence-electron chi connectivity index (χ2n) is 6.94. The quantitative estimate of drug-likeness (QED) is 0.610. The second kappa shape index (κ2) is 8.60. The molecule has 1 unspecified atom stereocenters. The maximum absolute atomic E-state index is 12.9. The van der Waals surface area contributed by atoms with E-state index < -0.39 is 23.9 Å². The highest BCUT2D eigenvalue weighted by Crippen LogP contribution is 2.28. The van der Waals surface area contributed by atoms with Gasteiger partial charge < -0.3 is 15.7 Å². The number of alkyl halides is 3. The number of nitrogens with one attached hydrogen (secondary N) is 1. The number of nitrogens with two attached hydrogens (primary N) is 1. The fraction of sp³-hybridized carbons (Fsp3) is 0.444. The molecule has 1 aliphatic heterocycles. The van der Waals surface area contributed by atoms with Gasteiger partial charge in [0.25, 0.3) is 5.91 Å². The van der Waals surface area contributed by atoms with Crippen LogP contribution < -0.4 is 5.73 Å². The number of β-amino-alcohol motifs (C(OH)–C–C–N with tert-alkyl or cyclic N) is 1. The average molecular weight is 432 g/mol. The summed E-state index contributed by atoms with van der Waals surface area (Å²) in [5, 5.41) is 15.4. The van der Waals surface area contributed by atoms with Crippen molar-refractivity contribution in [2.75, 3.05) is 31.9 Å². The van der Waals surface area contributed by atoms with Crippen LogP contribution in [0.4, 0.5) is 18.9 Å². The highest BCUT2D eigenvalue weighted by molar-refractivity contribution is 6.31. The van der Waals surface area contributed by atoms with E-state index >= 15 is 0 Å². The van der Waals surface area contributed by atoms with Gasteiger partial charge in [0.15, 0.2) is 5.69 Å². The Hall–Kier alpha value is -2.30. The third-order valence-electron chi connectivity index (χ3n) is 4.83. The number of aliphatic hydroxyl groups is 1. The Labute approximate surface area is 170 Å². The fourth-order valence-corrected chi connectivity index (χ4v) is 3.44. The summed E-state index contributed by atoms with van der Waals surface area (Å²) in [5.41, 5.74) is 5.42. The van der Waals surface area contributed by atoms with E-state index in [1.54, 1.807) is 18.2 Å². The van der Waals surface area contributed by atoms with E-state index in [1.165, 1.54) is 4.90 Å². The minimum atomic E-state index is -4.63. The smallest absolute Gasteiger partial charge is 0.398 e. The zero-order chi connectivity index (χ0) is 21.2. The summed E-state index contributed by atoms with van der Waals surface area (Å²) in [6.45, 7) is 1.85. The van der Waals surface area contributed by atoms with E-state index in [2.05, 4.69) is 5.10 Å². The summed E-state index contributed by atoms with van der Waals surface area (Å²) < 4.78 is 38.5. The summed E-state index contributed by atoms with van der Waals surface area (Å²) in [7, 11) is 0. The maximum atomic E-state index is 12.9. The molecule has 4 N–H and O–H groups in total. The Kier molecular flexibility index (Phi) is 6.35. The third-order valence-corrected chi connectivity index (χ3v) is 5.18. The number of aromatic nitrogens is 2. The number of carbonyl (C=O) groups excluding carboxylic acids is 1. The number of rotatable bonds is 6. The first-order valence-corrected chi connectivity index (χ1v) is 9.38. The number of hydrogen-bond acceptors (Lipinski definition) is 5. The van der Waals surface area contributed by atoms with Crippen LogP contribution >= 0.6 is 11.6 Å². The topological polar surface area (TPSA) is 98.5 Å². The van der Waals surface area contributed by atoms with Crippen molar-refractivity contribution in [2.45, 2.75) is 25.2 Å². The van der Waals surface area contributed by atoms with Gasteiger partial charge in [-0.05, 0) is 18.6 Å². The molecule has 1 aliphatic rings. The van der Waals surface area contributed by atoms with Crippen LogP contribution in [0.2, 0.25) is 5.02 Å². The minimum absolute atomic E-state index is 0.0228. The van der Waals surface area contributed by atoms with Gasteiger partial charge in [-0.3, -0.25) is 14.8 Å². The summed E-state index contributed by atoms with van der Waals surface area (Å²) in [6, 6.07) is 5.62. The number of halogens is 4. The average Bonchev–Trinajstić information content (AvgIpc) is 3.29.